The molecule has 1 amide bonds. The van der Waals surface area contributed by atoms with Crippen molar-refractivity contribution in [3.63, 3.8) is 0 Å². The molecule has 0 unspecified atom stereocenters. The highest BCUT2D eigenvalue weighted by atomic mass is 79.9. The molecule has 0 saturated carbocycles. The molecule has 1 fully saturated rings. The number of benzene rings is 1. The van der Waals surface area contributed by atoms with Crippen LogP contribution < -0.4 is 4.74 Å². The summed E-state index contributed by atoms with van der Waals surface area (Å²) in [6.07, 6.45) is 0. The third-order valence-corrected chi connectivity index (χ3v) is 4.22. The first-order chi connectivity index (χ1) is 9.52. The number of nitrogens with zero attached hydrogens (tertiary/aromatic N) is 2. The second-order valence-corrected chi connectivity index (χ2v) is 6.18. The first-order valence-electron chi connectivity index (χ1n) is 6.89. The van der Waals surface area contributed by atoms with Crippen molar-refractivity contribution in [3.05, 3.63) is 28.2 Å². The minimum Gasteiger partial charge on any atom is -0.496 e. The lowest BCUT2D eigenvalue weighted by molar-refractivity contribution is 0.0592. The van der Waals surface area contributed by atoms with E-state index >= 15 is 0 Å². The fourth-order valence-electron chi connectivity index (χ4n) is 2.45. The van der Waals surface area contributed by atoms with Gasteiger partial charge < -0.3 is 9.64 Å². The number of hydrogen-bond acceptors (Lipinski definition) is 3. The molecule has 110 valence electrons. The highest BCUT2D eigenvalue weighted by Crippen LogP contribution is 2.25. The van der Waals surface area contributed by atoms with Crippen molar-refractivity contribution in [2.75, 3.05) is 33.3 Å². The van der Waals surface area contributed by atoms with Crippen molar-refractivity contribution in [2.24, 2.45) is 0 Å². The summed E-state index contributed by atoms with van der Waals surface area (Å²) in [7, 11) is 1.59. The van der Waals surface area contributed by atoms with Crippen LogP contribution in [0.25, 0.3) is 0 Å². The van der Waals surface area contributed by atoms with E-state index in [9.17, 15) is 4.79 Å². The van der Waals surface area contributed by atoms with Gasteiger partial charge in [-0.05, 0) is 32.0 Å². The molecule has 0 atom stereocenters. The van der Waals surface area contributed by atoms with Crippen molar-refractivity contribution < 1.29 is 9.53 Å². The summed E-state index contributed by atoms with van der Waals surface area (Å²) in [5, 5.41) is 0. The predicted molar refractivity (Wildman–Crippen MR) is 83.3 cm³/mol. The van der Waals surface area contributed by atoms with Crippen LogP contribution in [0.4, 0.5) is 0 Å². The Labute approximate surface area is 128 Å². The average molecular weight is 341 g/mol. The van der Waals surface area contributed by atoms with Crippen LogP contribution in [-0.2, 0) is 0 Å². The number of amides is 1. The first kappa shape index (κ1) is 15.3. The van der Waals surface area contributed by atoms with E-state index in [1.54, 1.807) is 7.11 Å². The molecule has 4 nitrogen and oxygen atoms in total. The third-order valence-electron chi connectivity index (χ3n) is 3.73. The zero-order chi connectivity index (χ0) is 14.7. The van der Waals surface area contributed by atoms with E-state index in [2.05, 4.69) is 34.7 Å². The Bertz CT molecular complexity index is 483. The minimum absolute atomic E-state index is 0.0535. The number of carbonyl (C=O) groups excluding carboxylic acids is 1. The molecule has 1 heterocycles. The summed E-state index contributed by atoms with van der Waals surface area (Å²) >= 11 is 3.39. The summed E-state index contributed by atoms with van der Waals surface area (Å²) < 4.78 is 6.22. The maximum absolute atomic E-state index is 12.6. The Morgan fingerprint density at radius 1 is 1.25 bits per heavy atom. The number of ether oxygens (including phenoxy) is 1. The molecule has 2 rings (SSSR count). The molecule has 0 bridgehead atoms. The van der Waals surface area contributed by atoms with Gasteiger partial charge >= 0.3 is 0 Å². The second kappa shape index (κ2) is 6.59. The Morgan fingerprint density at radius 3 is 2.45 bits per heavy atom. The molecular weight excluding hydrogens is 320 g/mol. The van der Waals surface area contributed by atoms with Crippen LogP contribution in [0, 0.1) is 0 Å². The summed E-state index contributed by atoms with van der Waals surface area (Å²) in [5.74, 6) is 0.674. The van der Waals surface area contributed by atoms with Crippen molar-refractivity contribution in [1.82, 2.24) is 9.80 Å². The minimum atomic E-state index is 0.0535. The number of methoxy groups -OCH3 is 1. The maximum atomic E-state index is 12.6. The van der Waals surface area contributed by atoms with Crippen LogP contribution >= 0.6 is 15.9 Å². The molecule has 1 aromatic carbocycles. The highest BCUT2D eigenvalue weighted by Gasteiger charge is 2.25. The van der Waals surface area contributed by atoms with E-state index in [0.29, 0.717) is 17.4 Å². The first-order valence-corrected chi connectivity index (χ1v) is 7.69. The van der Waals surface area contributed by atoms with E-state index in [0.717, 1.165) is 30.7 Å². The van der Waals surface area contributed by atoms with Gasteiger partial charge in [0.05, 0.1) is 12.7 Å². The van der Waals surface area contributed by atoms with E-state index in [1.165, 1.54) is 0 Å². The predicted octanol–water partition coefficient (Wildman–Crippen LogP) is 2.62. The average Bonchev–Trinajstić information content (AvgIpc) is 2.46. The lowest BCUT2D eigenvalue weighted by Gasteiger charge is -2.37. The number of hydrogen-bond donors (Lipinski definition) is 0. The molecule has 1 aliphatic rings. The fourth-order valence-corrected chi connectivity index (χ4v) is 2.79. The maximum Gasteiger partial charge on any atom is 0.257 e. The summed E-state index contributed by atoms with van der Waals surface area (Å²) in [5.41, 5.74) is 0.633. The van der Waals surface area contributed by atoms with Crippen molar-refractivity contribution in [1.29, 1.82) is 0 Å². The van der Waals surface area contributed by atoms with E-state index < -0.39 is 0 Å². The topological polar surface area (TPSA) is 32.8 Å². The molecule has 1 saturated heterocycles. The van der Waals surface area contributed by atoms with Crippen LogP contribution in [0.3, 0.4) is 0 Å². The third kappa shape index (κ3) is 3.33. The Kier molecular flexibility index (Phi) is 5.05. The Hall–Kier alpha value is -1.07. The van der Waals surface area contributed by atoms with Gasteiger partial charge in [-0.2, -0.15) is 0 Å². The van der Waals surface area contributed by atoms with Gasteiger partial charge in [-0.1, -0.05) is 15.9 Å². The van der Waals surface area contributed by atoms with Crippen LogP contribution in [0.2, 0.25) is 0 Å². The number of piperazine rings is 1. The molecule has 0 aliphatic carbocycles. The lowest BCUT2D eigenvalue weighted by atomic mass is 10.1. The van der Waals surface area contributed by atoms with Gasteiger partial charge in [0.15, 0.2) is 0 Å². The standard InChI is InChI=1S/C15H21BrN2O2/c1-11(2)17-6-8-18(9-7-17)15(19)13-5-4-12(16)10-14(13)20-3/h4-5,10-11H,6-9H2,1-3H3. The molecule has 0 N–H and O–H groups in total. The summed E-state index contributed by atoms with van der Waals surface area (Å²) in [6, 6.07) is 6.06. The summed E-state index contributed by atoms with van der Waals surface area (Å²) in [6.45, 7) is 7.79. The van der Waals surface area contributed by atoms with E-state index in [-0.39, 0.29) is 5.91 Å². The van der Waals surface area contributed by atoms with Gasteiger partial charge in [-0.25, -0.2) is 0 Å². The van der Waals surface area contributed by atoms with Crippen LogP contribution in [-0.4, -0.2) is 55.0 Å². The quantitative estimate of drug-likeness (QED) is 0.847. The molecule has 0 radical (unpaired) electrons. The largest absolute Gasteiger partial charge is 0.496 e. The van der Waals surface area contributed by atoms with Gasteiger partial charge in [0, 0.05) is 36.7 Å². The van der Waals surface area contributed by atoms with E-state index in [4.69, 9.17) is 4.74 Å². The molecule has 1 aromatic rings. The molecule has 20 heavy (non-hydrogen) atoms. The van der Waals surface area contributed by atoms with Gasteiger partial charge in [0.25, 0.3) is 5.91 Å². The molecule has 5 heteroatoms. The Balaban J connectivity index is 2.09. The highest BCUT2D eigenvalue weighted by molar-refractivity contribution is 9.10. The zero-order valence-electron chi connectivity index (χ0n) is 12.2. The number of carbonyl (C=O) groups is 1. The normalized spacial score (nSPS) is 16.6. The van der Waals surface area contributed by atoms with Gasteiger partial charge in [0.2, 0.25) is 0 Å². The number of rotatable bonds is 3. The molecule has 0 aromatic heterocycles. The zero-order valence-corrected chi connectivity index (χ0v) is 13.8. The smallest absolute Gasteiger partial charge is 0.257 e. The lowest BCUT2D eigenvalue weighted by Crippen LogP contribution is -2.50. The van der Waals surface area contributed by atoms with Gasteiger partial charge in [0.1, 0.15) is 5.75 Å². The van der Waals surface area contributed by atoms with Crippen LogP contribution in [0.15, 0.2) is 22.7 Å². The monoisotopic (exact) mass is 340 g/mol. The molecule has 1 aliphatic heterocycles. The van der Waals surface area contributed by atoms with Crippen molar-refractivity contribution >= 4 is 21.8 Å². The Morgan fingerprint density at radius 2 is 1.90 bits per heavy atom. The second-order valence-electron chi connectivity index (χ2n) is 5.27. The number of halogens is 1. The van der Waals surface area contributed by atoms with Crippen LogP contribution in [0.1, 0.15) is 24.2 Å². The van der Waals surface area contributed by atoms with Gasteiger partial charge in [-0.3, -0.25) is 9.69 Å². The molecular formula is C15H21BrN2O2. The van der Waals surface area contributed by atoms with Gasteiger partial charge in [-0.15, -0.1) is 0 Å². The van der Waals surface area contributed by atoms with Crippen molar-refractivity contribution in [3.8, 4) is 5.75 Å². The van der Waals surface area contributed by atoms with Crippen molar-refractivity contribution in [2.45, 2.75) is 19.9 Å². The van der Waals surface area contributed by atoms with E-state index in [1.807, 2.05) is 23.1 Å². The summed E-state index contributed by atoms with van der Waals surface area (Å²) in [4.78, 5) is 16.9. The van der Waals surface area contributed by atoms with Crippen LogP contribution in [0.5, 0.6) is 5.75 Å². The molecule has 0 spiro atoms. The fraction of sp³-hybridized carbons (Fsp3) is 0.533. The SMILES string of the molecule is COc1cc(Br)ccc1C(=O)N1CCN(C(C)C)CC1.